The van der Waals surface area contributed by atoms with Crippen LogP contribution in [0.2, 0.25) is 0 Å². The van der Waals surface area contributed by atoms with Gasteiger partial charge in [-0.1, -0.05) is 60.7 Å². The lowest BCUT2D eigenvalue weighted by molar-refractivity contribution is 0.106. The summed E-state index contributed by atoms with van der Waals surface area (Å²) in [4.78, 5) is 0. The number of nitrogens with one attached hydrogen (secondary N) is 1. The first-order chi connectivity index (χ1) is 15.2. The van der Waals surface area contributed by atoms with Crippen molar-refractivity contribution in [2.75, 3.05) is 26.2 Å². The van der Waals surface area contributed by atoms with E-state index in [0.717, 1.165) is 11.1 Å². The molecule has 3 aromatic carbocycles. The molecule has 3 aromatic rings. The van der Waals surface area contributed by atoms with Crippen molar-refractivity contribution in [2.45, 2.75) is 19.3 Å². The van der Waals surface area contributed by atoms with Gasteiger partial charge in [0, 0.05) is 25.7 Å². The van der Waals surface area contributed by atoms with Gasteiger partial charge < -0.3 is 30.4 Å². The lowest BCUT2D eigenvalue weighted by atomic mass is 10.2. The maximum atomic E-state index is 10.0. The van der Waals surface area contributed by atoms with Crippen LogP contribution in [0.25, 0.3) is 0 Å². The highest BCUT2D eigenvalue weighted by Crippen LogP contribution is 2.33. The summed E-state index contributed by atoms with van der Waals surface area (Å²) < 4.78 is 17.8. The summed E-state index contributed by atoms with van der Waals surface area (Å²) in [7, 11) is 0. The van der Waals surface area contributed by atoms with Crippen LogP contribution in [0, 0.1) is 0 Å². The van der Waals surface area contributed by atoms with Crippen LogP contribution in [-0.4, -0.2) is 37.5 Å². The fourth-order valence-electron chi connectivity index (χ4n) is 2.90. The van der Waals surface area contributed by atoms with E-state index in [2.05, 4.69) is 5.32 Å². The second-order valence-electron chi connectivity index (χ2n) is 7.11. The molecule has 3 rings (SSSR count). The van der Waals surface area contributed by atoms with Gasteiger partial charge in [0.1, 0.15) is 31.7 Å². The number of rotatable bonds is 13. The predicted molar refractivity (Wildman–Crippen MR) is 121 cm³/mol. The van der Waals surface area contributed by atoms with Crippen LogP contribution in [0.5, 0.6) is 17.2 Å². The zero-order valence-electron chi connectivity index (χ0n) is 17.6. The van der Waals surface area contributed by atoms with Crippen LogP contribution in [0.15, 0.2) is 78.9 Å². The monoisotopic (exact) mass is 422 g/mol. The Labute approximate surface area is 183 Å². The first kappa shape index (κ1) is 22.6. The minimum absolute atomic E-state index is 0.167. The van der Waals surface area contributed by atoms with E-state index < -0.39 is 6.10 Å². The molecular formula is C25H30N2O4. The zero-order chi connectivity index (χ0) is 21.7. The van der Waals surface area contributed by atoms with Gasteiger partial charge >= 0.3 is 0 Å². The molecule has 6 heteroatoms. The van der Waals surface area contributed by atoms with Gasteiger partial charge in [-0.15, -0.1) is 0 Å². The Morgan fingerprint density at radius 1 is 0.774 bits per heavy atom. The van der Waals surface area contributed by atoms with E-state index in [1.165, 1.54) is 0 Å². The first-order valence-corrected chi connectivity index (χ1v) is 10.4. The van der Waals surface area contributed by atoms with Gasteiger partial charge in [-0.3, -0.25) is 0 Å². The Balaban J connectivity index is 1.65. The predicted octanol–water partition coefficient (Wildman–Crippen LogP) is 3.13. The standard InChI is InChI=1S/C25H30N2O4/c26-13-14-27-16-22(28)19-29-23-11-12-24(30-17-20-7-3-1-4-8-20)25(15-23)31-18-21-9-5-2-6-10-21/h1-12,15,22,27-28H,13-14,16-19,26H2/t22-/m1/s1. The van der Waals surface area contributed by atoms with Gasteiger partial charge in [0.05, 0.1) is 0 Å². The minimum Gasteiger partial charge on any atom is -0.491 e. The molecule has 0 aromatic heterocycles. The molecule has 0 saturated carbocycles. The number of ether oxygens (including phenoxy) is 3. The van der Waals surface area contributed by atoms with E-state index in [1.54, 1.807) is 6.07 Å². The molecule has 164 valence electrons. The quantitative estimate of drug-likeness (QED) is 0.367. The Hall–Kier alpha value is -3.06. The van der Waals surface area contributed by atoms with Gasteiger partial charge in [0.25, 0.3) is 0 Å². The Bertz CT molecular complexity index is 891. The molecule has 6 nitrogen and oxygen atoms in total. The average Bonchev–Trinajstić information content (AvgIpc) is 2.82. The van der Waals surface area contributed by atoms with Crippen molar-refractivity contribution in [2.24, 2.45) is 5.73 Å². The van der Waals surface area contributed by atoms with E-state index in [4.69, 9.17) is 19.9 Å². The Kier molecular flexibility index (Phi) is 9.19. The lowest BCUT2D eigenvalue weighted by Gasteiger charge is -2.16. The largest absolute Gasteiger partial charge is 0.491 e. The van der Waals surface area contributed by atoms with Gasteiger partial charge in [-0.05, 0) is 23.3 Å². The molecule has 0 aliphatic rings. The second kappa shape index (κ2) is 12.6. The van der Waals surface area contributed by atoms with Crippen molar-refractivity contribution < 1.29 is 19.3 Å². The van der Waals surface area contributed by atoms with Crippen LogP contribution >= 0.6 is 0 Å². The van der Waals surface area contributed by atoms with E-state index in [-0.39, 0.29) is 6.61 Å². The molecule has 0 heterocycles. The summed E-state index contributed by atoms with van der Waals surface area (Å²) in [6.45, 7) is 2.63. The molecule has 0 aliphatic carbocycles. The summed E-state index contributed by atoms with van der Waals surface area (Å²) in [5.41, 5.74) is 7.58. The fraction of sp³-hybridized carbons (Fsp3) is 0.280. The molecule has 0 aliphatic heterocycles. The van der Waals surface area contributed by atoms with Crippen molar-refractivity contribution in [3.05, 3.63) is 90.0 Å². The van der Waals surface area contributed by atoms with E-state index >= 15 is 0 Å². The van der Waals surface area contributed by atoms with Crippen molar-refractivity contribution >= 4 is 0 Å². The van der Waals surface area contributed by atoms with Crippen LogP contribution < -0.4 is 25.3 Å². The van der Waals surface area contributed by atoms with Gasteiger partial charge in [0.2, 0.25) is 0 Å². The van der Waals surface area contributed by atoms with E-state index in [0.29, 0.717) is 50.1 Å². The molecule has 0 radical (unpaired) electrons. The number of nitrogens with two attached hydrogens (primary N) is 1. The molecule has 0 fully saturated rings. The van der Waals surface area contributed by atoms with Gasteiger partial charge in [0.15, 0.2) is 11.5 Å². The van der Waals surface area contributed by atoms with Crippen molar-refractivity contribution in [3.8, 4) is 17.2 Å². The molecular weight excluding hydrogens is 392 g/mol. The fourth-order valence-corrected chi connectivity index (χ4v) is 2.90. The highest BCUT2D eigenvalue weighted by Gasteiger charge is 2.11. The number of aliphatic hydroxyl groups excluding tert-OH is 1. The number of hydrogen-bond acceptors (Lipinski definition) is 6. The summed E-state index contributed by atoms with van der Waals surface area (Å²) in [5.74, 6) is 1.83. The number of aliphatic hydroxyl groups is 1. The van der Waals surface area contributed by atoms with Crippen LogP contribution in [0.4, 0.5) is 0 Å². The third kappa shape index (κ3) is 7.94. The maximum absolute atomic E-state index is 10.0. The van der Waals surface area contributed by atoms with Crippen molar-refractivity contribution in [1.29, 1.82) is 0 Å². The smallest absolute Gasteiger partial charge is 0.165 e. The summed E-state index contributed by atoms with van der Waals surface area (Å²) in [6.07, 6.45) is -0.630. The van der Waals surface area contributed by atoms with E-state index in [1.807, 2.05) is 72.8 Å². The van der Waals surface area contributed by atoms with Gasteiger partial charge in [-0.25, -0.2) is 0 Å². The van der Waals surface area contributed by atoms with Crippen molar-refractivity contribution in [3.63, 3.8) is 0 Å². The number of hydrogen-bond donors (Lipinski definition) is 3. The van der Waals surface area contributed by atoms with E-state index in [9.17, 15) is 5.11 Å². The SMILES string of the molecule is NCCNC[C@@H](O)COc1ccc(OCc2ccccc2)c(OCc2ccccc2)c1. The molecule has 1 atom stereocenters. The molecule has 0 unspecified atom stereocenters. The molecule has 0 amide bonds. The Morgan fingerprint density at radius 2 is 1.39 bits per heavy atom. The topological polar surface area (TPSA) is 86.0 Å². The second-order valence-corrected chi connectivity index (χ2v) is 7.11. The molecule has 0 saturated heterocycles. The average molecular weight is 423 g/mol. The first-order valence-electron chi connectivity index (χ1n) is 10.4. The Morgan fingerprint density at radius 3 is 2.00 bits per heavy atom. The molecule has 31 heavy (non-hydrogen) atoms. The highest BCUT2D eigenvalue weighted by molar-refractivity contribution is 5.46. The number of benzene rings is 3. The van der Waals surface area contributed by atoms with Crippen LogP contribution in [0.1, 0.15) is 11.1 Å². The third-order valence-electron chi connectivity index (χ3n) is 4.53. The maximum Gasteiger partial charge on any atom is 0.165 e. The molecule has 4 N–H and O–H groups in total. The summed E-state index contributed by atoms with van der Waals surface area (Å²) in [6, 6.07) is 25.4. The van der Waals surface area contributed by atoms with Crippen LogP contribution in [0.3, 0.4) is 0 Å². The highest BCUT2D eigenvalue weighted by atomic mass is 16.5. The zero-order valence-corrected chi connectivity index (χ0v) is 17.6. The van der Waals surface area contributed by atoms with Gasteiger partial charge in [-0.2, -0.15) is 0 Å². The third-order valence-corrected chi connectivity index (χ3v) is 4.53. The lowest BCUT2D eigenvalue weighted by Crippen LogP contribution is -2.34. The molecule has 0 bridgehead atoms. The van der Waals surface area contributed by atoms with Crippen molar-refractivity contribution in [1.82, 2.24) is 5.32 Å². The minimum atomic E-state index is -0.630. The summed E-state index contributed by atoms with van der Waals surface area (Å²) >= 11 is 0. The van der Waals surface area contributed by atoms with Crippen LogP contribution in [-0.2, 0) is 13.2 Å². The summed E-state index contributed by atoms with van der Waals surface area (Å²) in [5, 5.41) is 13.1. The molecule has 0 spiro atoms. The normalized spacial score (nSPS) is 11.7.